The molecule has 0 aromatic carbocycles. The predicted octanol–water partition coefficient (Wildman–Crippen LogP) is 2.97. The van der Waals surface area contributed by atoms with E-state index in [1.54, 1.807) is 6.92 Å². The van der Waals surface area contributed by atoms with Crippen LogP contribution < -0.4 is 5.32 Å². The number of aromatic nitrogens is 1. The number of carbonyl (C=O) groups is 1. The summed E-state index contributed by atoms with van der Waals surface area (Å²) in [5.41, 5.74) is 1.17. The Morgan fingerprint density at radius 2 is 2.25 bits per heavy atom. The number of carbonyl (C=O) groups excluding carboxylic acids is 1. The van der Waals surface area contributed by atoms with Crippen LogP contribution in [0.1, 0.15) is 52.5 Å². The quantitative estimate of drug-likeness (QED) is 0.901. The van der Waals surface area contributed by atoms with Crippen LogP contribution in [-0.4, -0.2) is 17.1 Å². The number of rotatable bonds is 5. The van der Waals surface area contributed by atoms with Crippen LogP contribution in [-0.2, 0) is 17.6 Å². The van der Waals surface area contributed by atoms with Gasteiger partial charge in [0.15, 0.2) is 0 Å². The molecule has 1 fully saturated rings. The Morgan fingerprint density at radius 1 is 1.55 bits per heavy atom. The van der Waals surface area contributed by atoms with Crippen LogP contribution in [0.2, 0.25) is 0 Å². The maximum absolute atomic E-state index is 11.2. The first kappa shape index (κ1) is 15.1. The van der Waals surface area contributed by atoms with E-state index in [9.17, 15) is 4.79 Å². The van der Waals surface area contributed by atoms with Crippen molar-refractivity contribution in [2.75, 3.05) is 0 Å². The van der Waals surface area contributed by atoms with Gasteiger partial charge in [-0.25, -0.2) is 0 Å². The second kappa shape index (κ2) is 5.58. The van der Waals surface area contributed by atoms with Crippen molar-refractivity contribution in [3.63, 3.8) is 0 Å². The lowest BCUT2D eigenvalue weighted by Crippen LogP contribution is -2.58. The zero-order valence-electron chi connectivity index (χ0n) is 13.2. The average Bonchev–Trinajstić information content (AvgIpc) is 2.74. The van der Waals surface area contributed by atoms with Crippen molar-refractivity contribution in [2.24, 2.45) is 17.3 Å². The van der Waals surface area contributed by atoms with Gasteiger partial charge in [0.2, 0.25) is 5.91 Å². The molecular weight excluding hydrogens is 252 g/mol. The zero-order valence-corrected chi connectivity index (χ0v) is 13.2. The molecule has 1 amide bonds. The van der Waals surface area contributed by atoms with E-state index < -0.39 is 0 Å². The Kier molecular flexibility index (Phi) is 4.21. The van der Waals surface area contributed by atoms with Gasteiger partial charge in [0, 0.05) is 25.5 Å². The monoisotopic (exact) mass is 278 g/mol. The summed E-state index contributed by atoms with van der Waals surface area (Å²) in [5, 5.41) is 7.21. The molecule has 0 aliphatic heterocycles. The minimum absolute atomic E-state index is 0.0576. The number of nitrogens with zero attached hydrogens (tertiary/aromatic N) is 1. The normalized spacial score (nSPS) is 24.5. The van der Waals surface area contributed by atoms with Crippen molar-refractivity contribution in [1.82, 2.24) is 10.5 Å². The maximum Gasteiger partial charge on any atom is 0.217 e. The molecule has 1 heterocycles. The number of hydrogen-bond donors (Lipinski definition) is 1. The molecule has 1 N–H and O–H groups in total. The van der Waals surface area contributed by atoms with Crippen LogP contribution >= 0.6 is 0 Å². The van der Waals surface area contributed by atoms with E-state index in [1.807, 2.05) is 0 Å². The Bertz CT molecular complexity index is 477. The third kappa shape index (κ3) is 3.22. The number of amides is 1. The molecule has 0 unspecified atom stereocenters. The van der Waals surface area contributed by atoms with Gasteiger partial charge in [0.25, 0.3) is 0 Å². The molecule has 0 spiro atoms. The van der Waals surface area contributed by atoms with Gasteiger partial charge in [-0.05, 0) is 30.1 Å². The molecule has 1 aromatic heterocycles. The van der Waals surface area contributed by atoms with E-state index in [4.69, 9.17) is 4.52 Å². The minimum atomic E-state index is 0.0576. The molecule has 4 heteroatoms. The highest BCUT2D eigenvalue weighted by atomic mass is 16.5. The van der Waals surface area contributed by atoms with Crippen molar-refractivity contribution in [3.05, 3.63) is 17.5 Å². The average molecular weight is 278 g/mol. The number of hydrogen-bond acceptors (Lipinski definition) is 3. The molecule has 2 atom stereocenters. The lowest BCUT2D eigenvalue weighted by molar-refractivity contribution is -0.123. The summed E-state index contributed by atoms with van der Waals surface area (Å²) in [5.74, 6) is 2.17. The number of nitrogens with one attached hydrogen (secondary N) is 1. The van der Waals surface area contributed by atoms with Crippen molar-refractivity contribution in [1.29, 1.82) is 0 Å². The SMILES string of the molecule is CC(=O)N[C@H]1C[C@@H](Cc2cc(CC(C)C)on2)C1(C)C. The van der Waals surface area contributed by atoms with Crippen molar-refractivity contribution < 1.29 is 9.32 Å². The van der Waals surface area contributed by atoms with Crippen LogP contribution in [0.3, 0.4) is 0 Å². The minimum Gasteiger partial charge on any atom is -0.361 e. The second-order valence-electron chi connectivity index (χ2n) is 7.09. The standard InChI is InChI=1S/C16H26N2O2/c1-10(2)6-14-9-13(18-20-14)7-12-8-15(16(12,4)5)17-11(3)19/h9-10,12,15H,6-8H2,1-5H3,(H,17,19)/t12-,15+/m1/s1. The lowest BCUT2D eigenvalue weighted by atomic mass is 9.57. The molecule has 1 aliphatic rings. The van der Waals surface area contributed by atoms with Crippen LogP contribution in [0.15, 0.2) is 10.6 Å². The summed E-state index contributed by atoms with van der Waals surface area (Å²) < 4.78 is 5.38. The molecule has 112 valence electrons. The third-order valence-electron chi connectivity index (χ3n) is 4.52. The fourth-order valence-electron chi connectivity index (χ4n) is 3.06. The first-order valence-electron chi connectivity index (χ1n) is 7.50. The van der Waals surface area contributed by atoms with Gasteiger partial charge in [-0.3, -0.25) is 4.79 Å². The van der Waals surface area contributed by atoms with Crippen LogP contribution in [0.25, 0.3) is 0 Å². The van der Waals surface area contributed by atoms with Crippen molar-refractivity contribution >= 4 is 5.91 Å². The fourth-order valence-corrected chi connectivity index (χ4v) is 3.06. The van der Waals surface area contributed by atoms with Gasteiger partial charge in [-0.2, -0.15) is 0 Å². The summed E-state index contributed by atoms with van der Waals surface area (Å²) in [4.78, 5) is 11.2. The predicted molar refractivity (Wildman–Crippen MR) is 78.2 cm³/mol. The van der Waals surface area contributed by atoms with Crippen molar-refractivity contribution in [3.8, 4) is 0 Å². The van der Waals surface area contributed by atoms with Crippen LogP contribution in [0, 0.1) is 17.3 Å². The van der Waals surface area contributed by atoms with Gasteiger partial charge in [-0.15, -0.1) is 0 Å². The van der Waals surface area contributed by atoms with Crippen molar-refractivity contribution in [2.45, 2.75) is 59.9 Å². The van der Waals surface area contributed by atoms with E-state index in [0.29, 0.717) is 11.8 Å². The molecule has 1 aliphatic carbocycles. The molecular formula is C16H26N2O2. The summed E-state index contributed by atoms with van der Waals surface area (Å²) in [6.07, 6.45) is 2.90. The molecule has 20 heavy (non-hydrogen) atoms. The largest absolute Gasteiger partial charge is 0.361 e. The molecule has 0 bridgehead atoms. The van der Waals surface area contributed by atoms with Gasteiger partial charge in [0.1, 0.15) is 5.76 Å². The highest BCUT2D eigenvalue weighted by Crippen LogP contribution is 2.47. The molecule has 4 nitrogen and oxygen atoms in total. The Hall–Kier alpha value is -1.32. The maximum atomic E-state index is 11.2. The Morgan fingerprint density at radius 3 is 2.80 bits per heavy atom. The highest BCUT2D eigenvalue weighted by molar-refractivity contribution is 5.73. The van der Waals surface area contributed by atoms with Gasteiger partial charge >= 0.3 is 0 Å². The van der Waals surface area contributed by atoms with Gasteiger partial charge < -0.3 is 9.84 Å². The third-order valence-corrected chi connectivity index (χ3v) is 4.52. The first-order valence-corrected chi connectivity index (χ1v) is 7.50. The fraction of sp³-hybridized carbons (Fsp3) is 0.750. The first-order chi connectivity index (χ1) is 9.29. The van der Waals surface area contributed by atoms with E-state index in [2.05, 4.69) is 44.2 Å². The van der Waals surface area contributed by atoms with Crippen LogP contribution in [0.4, 0.5) is 0 Å². The Labute approximate surface area is 121 Å². The van der Waals surface area contributed by atoms with E-state index >= 15 is 0 Å². The second-order valence-corrected chi connectivity index (χ2v) is 7.09. The summed E-state index contributed by atoms with van der Waals surface area (Å²) in [6, 6.07) is 2.37. The Balaban J connectivity index is 1.92. The highest BCUT2D eigenvalue weighted by Gasteiger charge is 2.48. The zero-order chi connectivity index (χ0) is 14.9. The van der Waals surface area contributed by atoms with E-state index in [-0.39, 0.29) is 17.4 Å². The van der Waals surface area contributed by atoms with E-state index in [0.717, 1.165) is 30.7 Å². The summed E-state index contributed by atoms with van der Waals surface area (Å²) >= 11 is 0. The smallest absolute Gasteiger partial charge is 0.217 e. The molecule has 2 rings (SSSR count). The van der Waals surface area contributed by atoms with Gasteiger partial charge in [-0.1, -0.05) is 32.9 Å². The van der Waals surface area contributed by atoms with E-state index in [1.165, 1.54) is 0 Å². The van der Waals surface area contributed by atoms with Gasteiger partial charge in [0.05, 0.1) is 5.69 Å². The molecule has 0 saturated heterocycles. The lowest BCUT2D eigenvalue weighted by Gasteiger charge is -2.52. The summed E-state index contributed by atoms with van der Waals surface area (Å²) in [7, 11) is 0. The summed E-state index contributed by atoms with van der Waals surface area (Å²) in [6.45, 7) is 10.4. The topological polar surface area (TPSA) is 55.1 Å². The molecule has 1 saturated carbocycles. The van der Waals surface area contributed by atoms with Crippen LogP contribution in [0.5, 0.6) is 0 Å². The molecule has 1 aromatic rings. The molecule has 0 radical (unpaired) electrons.